The number of methoxy groups -OCH3 is 1. The summed E-state index contributed by atoms with van der Waals surface area (Å²) in [4.78, 5) is 0. The van der Waals surface area contributed by atoms with Crippen LogP contribution in [0.15, 0.2) is 18.2 Å². The first kappa shape index (κ1) is 13.6. The molecule has 2 atom stereocenters. The third-order valence-electron chi connectivity index (χ3n) is 3.60. The maximum atomic E-state index is 9.99. The first-order valence-corrected chi connectivity index (χ1v) is 7.64. The van der Waals surface area contributed by atoms with Gasteiger partial charge in [-0.15, -0.1) is 0 Å². The van der Waals surface area contributed by atoms with Crippen molar-refractivity contribution in [2.45, 2.75) is 37.1 Å². The van der Waals surface area contributed by atoms with E-state index >= 15 is 0 Å². The van der Waals surface area contributed by atoms with Crippen molar-refractivity contribution < 1.29 is 9.84 Å². The Bertz CT molecular complexity index is 397. The predicted octanol–water partition coefficient (Wildman–Crippen LogP) is 2.77. The number of nitrogens with one attached hydrogen (secondary N) is 1. The van der Waals surface area contributed by atoms with Crippen LogP contribution in [0.3, 0.4) is 0 Å². The molecule has 1 aromatic carbocycles. The molecule has 1 aliphatic carbocycles. The van der Waals surface area contributed by atoms with Crippen LogP contribution in [0, 0.1) is 0 Å². The van der Waals surface area contributed by atoms with Gasteiger partial charge in [-0.3, -0.25) is 0 Å². The molecule has 0 aromatic heterocycles. The summed E-state index contributed by atoms with van der Waals surface area (Å²) in [5.41, 5.74) is 0.905. The highest BCUT2D eigenvalue weighted by Crippen LogP contribution is 2.31. The van der Waals surface area contributed by atoms with E-state index in [1.165, 1.54) is 19.3 Å². The van der Waals surface area contributed by atoms with Crippen molar-refractivity contribution in [3.63, 3.8) is 0 Å². The second-order valence-corrected chi connectivity index (χ2v) is 5.85. The molecule has 2 rings (SSSR count). The Balaban J connectivity index is 1.91. The molecule has 0 spiro atoms. The number of para-hydroxylation sites is 1. The predicted molar refractivity (Wildman–Crippen MR) is 76.4 cm³/mol. The van der Waals surface area contributed by atoms with Gasteiger partial charge in [-0.05, 0) is 31.6 Å². The van der Waals surface area contributed by atoms with E-state index in [0.717, 1.165) is 10.8 Å². The summed E-state index contributed by atoms with van der Waals surface area (Å²) in [6, 6.07) is 6.20. The van der Waals surface area contributed by atoms with E-state index in [0.29, 0.717) is 18.3 Å². The number of hydrogen-bond donors (Lipinski definition) is 2. The number of aromatic hydroxyl groups is 1. The summed E-state index contributed by atoms with van der Waals surface area (Å²) in [5, 5.41) is 14.3. The maximum Gasteiger partial charge on any atom is 0.162 e. The minimum atomic E-state index is 0.256. The highest BCUT2D eigenvalue weighted by Gasteiger charge is 2.23. The Kier molecular flexibility index (Phi) is 4.78. The normalized spacial score (nSPS) is 23.2. The first-order valence-electron chi connectivity index (χ1n) is 6.35. The van der Waals surface area contributed by atoms with Crippen molar-refractivity contribution in [1.82, 2.24) is 5.32 Å². The van der Waals surface area contributed by atoms with Crippen LogP contribution in [0.25, 0.3) is 0 Å². The topological polar surface area (TPSA) is 41.5 Å². The van der Waals surface area contributed by atoms with Crippen molar-refractivity contribution in [3.8, 4) is 11.5 Å². The van der Waals surface area contributed by atoms with Crippen molar-refractivity contribution in [3.05, 3.63) is 23.8 Å². The monoisotopic (exact) mass is 267 g/mol. The molecule has 4 heteroatoms. The number of benzene rings is 1. The molecule has 2 unspecified atom stereocenters. The molecule has 1 fully saturated rings. The van der Waals surface area contributed by atoms with Crippen molar-refractivity contribution >= 4 is 11.8 Å². The SMILES string of the molecule is COc1cccc(CNC2CCC(SC)C2)c1O. The fraction of sp³-hybridized carbons (Fsp3) is 0.571. The molecular formula is C14H21NO2S. The Morgan fingerprint density at radius 1 is 1.44 bits per heavy atom. The van der Waals surface area contributed by atoms with Gasteiger partial charge in [0.25, 0.3) is 0 Å². The minimum Gasteiger partial charge on any atom is -0.504 e. The Labute approximate surface area is 113 Å². The Morgan fingerprint density at radius 2 is 2.28 bits per heavy atom. The van der Waals surface area contributed by atoms with Gasteiger partial charge in [0.15, 0.2) is 11.5 Å². The van der Waals surface area contributed by atoms with Crippen LogP contribution in [0.5, 0.6) is 11.5 Å². The standard InChI is InChI=1S/C14H21NO2S/c1-17-13-5-3-4-10(14(13)16)9-15-11-6-7-12(8-11)18-2/h3-5,11-12,15-16H,6-9H2,1-2H3. The molecule has 18 heavy (non-hydrogen) atoms. The van der Waals surface area contributed by atoms with Crippen LogP contribution in [0.1, 0.15) is 24.8 Å². The zero-order chi connectivity index (χ0) is 13.0. The van der Waals surface area contributed by atoms with Gasteiger partial charge in [0.05, 0.1) is 7.11 Å². The molecule has 0 amide bonds. The molecule has 0 saturated heterocycles. The summed E-state index contributed by atoms with van der Waals surface area (Å²) in [7, 11) is 1.58. The van der Waals surface area contributed by atoms with Gasteiger partial charge in [0.1, 0.15) is 0 Å². The molecule has 100 valence electrons. The third-order valence-corrected chi connectivity index (χ3v) is 4.70. The lowest BCUT2D eigenvalue weighted by Crippen LogP contribution is -2.26. The molecular weight excluding hydrogens is 246 g/mol. The van der Waals surface area contributed by atoms with E-state index in [2.05, 4.69) is 11.6 Å². The number of rotatable bonds is 5. The van der Waals surface area contributed by atoms with E-state index < -0.39 is 0 Å². The van der Waals surface area contributed by atoms with E-state index in [9.17, 15) is 5.11 Å². The van der Waals surface area contributed by atoms with Crippen LogP contribution in [0.2, 0.25) is 0 Å². The number of thioether (sulfide) groups is 1. The molecule has 1 saturated carbocycles. The van der Waals surface area contributed by atoms with Gasteiger partial charge in [-0.25, -0.2) is 0 Å². The molecule has 0 bridgehead atoms. The fourth-order valence-electron chi connectivity index (χ4n) is 2.47. The van der Waals surface area contributed by atoms with Crippen LogP contribution >= 0.6 is 11.8 Å². The average Bonchev–Trinajstić information content (AvgIpc) is 2.85. The second-order valence-electron chi connectivity index (χ2n) is 4.72. The van der Waals surface area contributed by atoms with E-state index in [4.69, 9.17) is 4.74 Å². The molecule has 1 aliphatic rings. The van der Waals surface area contributed by atoms with Gasteiger partial charge >= 0.3 is 0 Å². The van der Waals surface area contributed by atoms with Gasteiger partial charge in [0, 0.05) is 23.4 Å². The number of phenolic OH excluding ortho intramolecular Hbond substituents is 1. The zero-order valence-electron chi connectivity index (χ0n) is 11.0. The lowest BCUT2D eigenvalue weighted by atomic mass is 10.1. The number of phenols is 1. The third kappa shape index (κ3) is 3.12. The second kappa shape index (κ2) is 6.34. The van der Waals surface area contributed by atoms with Crippen LogP contribution in [-0.2, 0) is 6.54 Å². The average molecular weight is 267 g/mol. The quantitative estimate of drug-likeness (QED) is 0.861. The van der Waals surface area contributed by atoms with E-state index in [1.807, 2.05) is 23.9 Å². The molecule has 3 nitrogen and oxygen atoms in total. The molecule has 2 N–H and O–H groups in total. The highest BCUT2D eigenvalue weighted by molar-refractivity contribution is 7.99. The first-order chi connectivity index (χ1) is 8.74. The van der Waals surface area contributed by atoms with Crippen molar-refractivity contribution in [2.75, 3.05) is 13.4 Å². The van der Waals surface area contributed by atoms with Gasteiger partial charge in [-0.2, -0.15) is 11.8 Å². The Hall–Kier alpha value is -0.870. The molecule has 0 aliphatic heterocycles. The van der Waals surface area contributed by atoms with Gasteiger partial charge < -0.3 is 15.2 Å². The molecule has 0 heterocycles. The molecule has 0 radical (unpaired) electrons. The fourth-order valence-corrected chi connectivity index (χ4v) is 3.27. The number of hydrogen-bond acceptors (Lipinski definition) is 4. The van der Waals surface area contributed by atoms with Crippen molar-refractivity contribution in [1.29, 1.82) is 0 Å². The maximum absolute atomic E-state index is 9.99. The summed E-state index contributed by atoms with van der Waals surface area (Å²) in [6.07, 6.45) is 5.94. The van der Waals surface area contributed by atoms with Crippen LogP contribution in [0.4, 0.5) is 0 Å². The van der Waals surface area contributed by atoms with Gasteiger partial charge in [0.2, 0.25) is 0 Å². The van der Waals surface area contributed by atoms with E-state index in [1.54, 1.807) is 13.2 Å². The summed E-state index contributed by atoms with van der Waals surface area (Å²) in [5.74, 6) is 0.801. The van der Waals surface area contributed by atoms with Crippen molar-refractivity contribution in [2.24, 2.45) is 0 Å². The highest BCUT2D eigenvalue weighted by atomic mass is 32.2. The van der Waals surface area contributed by atoms with Gasteiger partial charge in [-0.1, -0.05) is 12.1 Å². The van der Waals surface area contributed by atoms with Crippen LogP contribution in [-0.4, -0.2) is 29.8 Å². The smallest absolute Gasteiger partial charge is 0.162 e. The zero-order valence-corrected chi connectivity index (χ0v) is 11.8. The van der Waals surface area contributed by atoms with Crippen LogP contribution < -0.4 is 10.1 Å². The summed E-state index contributed by atoms with van der Waals surface area (Å²) >= 11 is 1.96. The minimum absolute atomic E-state index is 0.256. The van der Waals surface area contributed by atoms with E-state index in [-0.39, 0.29) is 5.75 Å². The Morgan fingerprint density at radius 3 is 2.94 bits per heavy atom. The lowest BCUT2D eigenvalue weighted by molar-refractivity contribution is 0.368. The lowest BCUT2D eigenvalue weighted by Gasteiger charge is -2.14. The summed E-state index contributed by atoms with van der Waals surface area (Å²) < 4.78 is 5.11. The summed E-state index contributed by atoms with van der Waals surface area (Å²) in [6.45, 7) is 0.703. The largest absolute Gasteiger partial charge is 0.504 e. The number of ether oxygens (including phenoxy) is 1. The molecule has 1 aromatic rings.